The van der Waals surface area contributed by atoms with E-state index < -0.39 is 0 Å². The summed E-state index contributed by atoms with van der Waals surface area (Å²) >= 11 is 5.86. The van der Waals surface area contributed by atoms with Gasteiger partial charge in [-0.15, -0.1) is 0 Å². The Morgan fingerprint density at radius 3 is 2.73 bits per heavy atom. The molecule has 0 bridgehead atoms. The number of ether oxygens (including phenoxy) is 1. The number of carbonyl (C=O) groups excluding carboxylic acids is 1. The summed E-state index contributed by atoms with van der Waals surface area (Å²) in [6.07, 6.45) is 0. The van der Waals surface area contributed by atoms with Crippen molar-refractivity contribution in [2.75, 3.05) is 6.61 Å². The van der Waals surface area contributed by atoms with E-state index in [9.17, 15) is 4.79 Å². The molecule has 0 atom stereocenters. The second kappa shape index (κ2) is 8.01. The molecule has 3 rings (SSSR count). The number of nitrogens with one attached hydrogen (secondary N) is 1. The highest BCUT2D eigenvalue weighted by Gasteiger charge is 2.11. The number of hydrogen-bond acceptors (Lipinski definition) is 5. The normalized spacial score (nSPS) is 10.6. The van der Waals surface area contributed by atoms with E-state index in [1.165, 1.54) is 0 Å². The minimum absolute atomic E-state index is 0.0809. The van der Waals surface area contributed by atoms with Gasteiger partial charge < -0.3 is 14.6 Å². The van der Waals surface area contributed by atoms with Crippen molar-refractivity contribution in [1.82, 2.24) is 15.5 Å². The Morgan fingerprint density at radius 2 is 1.96 bits per heavy atom. The Balaban J connectivity index is 1.52. The first kappa shape index (κ1) is 17.9. The quantitative estimate of drug-likeness (QED) is 0.714. The molecule has 134 valence electrons. The average molecular weight is 372 g/mol. The molecule has 0 spiro atoms. The van der Waals surface area contributed by atoms with Gasteiger partial charge in [-0.05, 0) is 55.3 Å². The largest absolute Gasteiger partial charge is 0.483 e. The van der Waals surface area contributed by atoms with Crippen LogP contribution in [0.3, 0.4) is 0 Å². The van der Waals surface area contributed by atoms with Crippen molar-refractivity contribution >= 4 is 17.5 Å². The molecule has 0 fully saturated rings. The number of carbonyl (C=O) groups is 1. The molecule has 2 aromatic carbocycles. The van der Waals surface area contributed by atoms with Crippen LogP contribution in [0.1, 0.15) is 17.0 Å². The van der Waals surface area contributed by atoms with Crippen molar-refractivity contribution < 1.29 is 14.1 Å². The fraction of sp³-hybridized carbons (Fsp3) is 0.211. The molecule has 1 amide bonds. The van der Waals surface area contributed by atoms with Crippen LogP contribution in [0, 0.1) is 13.8 Å². The van der Waals surface area contributed by atoms with Gasteiger partial charge in [-0.25, -0.2) is 0 Å². The molecular formula is C19H18ClN3O3. The van der Waals surface area contributed by atoms with E-state index in [0.717, 1.165) is 16.7 Å². The number of aryl methyl sites for hydroxylation is 1. The van der Waals surface area contributed by atoms with Crippen LogP contribution in [0.25, 0.3) is 11.4 Å². The molecule has 1 aromatic heterocycles. The lowest BCUT2D eigenvalue weighted by Gasteiger charge is -2.10. The second-order valence-corrected chi connectivity index (χ2v) is 6.22. The van der Waals surface area contributed by atoms with Crippen LogP contribution in [0.15, 0.2) is 47.0 Å². The van der Waals surface area contributed by atoms with Gasteiger partial charge in [0.25, 0.3) is 5.91 Å². The Kier molecular flexibility index (Phi) is 5.53. The second-order valence-electron chi connectivity index (χ2n) is 5.78. The summed E-state index contributed by atoms with van der Waals surface area (Å²) in [6, 6.07) is 12.8. The Hall–Kier alpha value is -2.86. The summed E-state index contributed by atoms with van der Waals surface area (Å²) in [4.78, 5) is 16.2. The molecule has 0 unspecified atom stereocenters. The first-order chi connectivity index (χ1) is 12.5. The van der Waals surface area contributed by atoms with Gasteiger partial charge in [0.2, 0.25) is 11.7 Å². The Labute approximate surface area is 156 Å². The van der Waals surface area contributed by atoms with Crippen LogP contribution in [-0.2, 0) is 11.3 Å². The average Bonchev–Trinajstić information content (AvgIpc) is 3.11. The van der Waals surface area contributed by atoms with Gasteiger partial charge in [0.15, 0.2) is 6.61 Å². The highest BCUT2D eigenvalue weighted by atomic mass is 35.5. The smallest absolute Gasteiger partial charge is 0.258 e. The zero-order valence-electron chi connectivity index (χ0n) is 14.5. The predicted molar refractivity (Wildman–Crippen MR) is 98.0 cm³/mol. The van der Waals surface area contributed by atoms with E-state index in [4.69, 9.17) is 20.9 Å². The van der Waals surface area contributed by atoms with Crippen LogP contribution in [0.5, 0.6) is 5.75 Å². The van der Waals surface area contributed by atoms with Crippen LogP contribution >= 0.6 is 11.6 Å². The molecule has 1 heterocycles. The highest BCUT2D eigenvalue weighted by molar-refractivity contribution is 6.30. The van der Waals surface area contributed by atoms with E-state index in [0.29, 0.717) is 22.5 Å². The fourth-order valence-electron chi connectivity index (χ4n) is 2.29. The number of rotatable bonds is 6. The number of benzene rings is 2. The molecule has 7 heteroatoms. The van der Waals surface area contributed by atoms with Gasteiger partial charge in [-0.3, -0.25) is 4.79 Å². The van der Waals surface area contributed by atoms with Crippen molar-refractivity contribution in [2.45, 2.75) is 20.4 Å². The van der Waals surface area contributed by atoms with Gasteiger partial charge >= 0.3 is 0 Å². The lowest BCUT2D eigenvalue weighted by Crippen LogP contribution is -2.28. The van der Waals surface area contributed by atoms with E-state index in [2.05, 4.69) is 15.5 Å². The summed E-state index contributed by atoms with van der Waals surface area (Å²) in [5, 5.41) is 7.23. The first-order valence-electron chi connectivity index (χ1n) is 8.07. The molecule has 1 N–H and O–H groups in total. The third-order valence-corrected chi connectivity index (χ3v) is 4.17. The lowest BCUT2D eigenvalue weighted by molar-refractivity contribution is -0.123. The van der Waals surface area contributed by atoms with Crippen molar-refractivity contribution in [3.8, 4) is 17.1 Å². The van der Waals surface area contributed by atoms with Gasteiger partial charge in [-0.1, -0.05) is 28.9 Å². The summed E-state index contributed by atoms with van der Waals surface area (Å²) < 4.78 is 10.7. The molecule has 0 radical (unpaired) electrons. The minimum atomic E-state index is -0.267. The fourth-order valence-corrected chi connectivity index (χ4v) is 2.42. The maximum atomic E-state index is 12.0. The number of halogens is 1. The Bertz CT molecular complexity index is 907. The van der Waals surface area contributed by atoms with Crippen molar-refractivity contribution in [1.29, 1.82) is 0 Å². The van der Waals surface area contributed by atoms with Crippen molar-refractivity contribution in [2.24, 2.45) is 0 Å². The number of aromatic nitrogens is 2. The maximum absolute atomic E-state index is 12.0. The Morgan fingerprint density at radius 1 is 1.19 bits per heavy atom. The molecule has 0 aliphatic rings. The molecule has 0 aliphatic heterocycles. The monoisotopic (exact) mass is 371 g/mol. The third-order valence-electron chi connectivity index (χ3n) is 3.92. The van der Waals surface area contributed by atoms with E-state index in [1.54, 1.807) is 24.3 Å². The van der Waals surface area contributed by atoms with Gasteiger partial charge in [0, 0.05) is 10.6 Å². The van der Waals surface area contributed by atoms with Crippen LogP contribution < -0.4 is 10.1 Å². The lowest BCUT2D eigenvalue weighted by atomic mass is 10.1. The van der Waals surface area contributed by atoms with Crippen molar-refractivity contribution in [3.63, 3.8) is 0 Å². The van der Waals surface area contributed by atoms with E-state index in [-0.39, 0.29) is 19.1 Å². The van der Waals surface area contributed by atoms with Crippen LogP contribution in [0.2, 0.25) is 5.02 Å². The molecule has 3 aromatic rings. The van der Waals surface area contributed by atoms with Gasteiger partial charge in [0.05, 0.1) is 6.54 Å². The molecule has 0 aliphatic carbocycles. The topological polar surface area (TPSA) is 77.2 Å². The SMILES string of the molecule is Cc1cccc(OCC(=O)NCc2nc(-c3ccc(Cl)cc3)no2)c1C. The molecule has 0 saturated heterocycles. The van der Waals surface area contributed by atoms with Crippen molar-refractivity contribution in [3.05, 3.63) is 64.5 Å². The maximum Gasteiger partial charge on any atom is 0.258 e. The molecule has 6 nitrogen and oxygen atoms in total. The minimum Gasteiger partial charge on any atom is -0.483 e. The summed E-state index contributed by atoms with van der Waals surface area (Å²) in [6.45, 7) is 4.01. The summed E-state index contributed by atoms with van der Waals surface area (Å²) in [5.41, 5.74) is 2.92. The number of nitrogens with zero attached hydrogens (tertiary/aromatic N) is 2. The molecular weight excluding hydrogens is 354 g/mol. The van der Waals surface area contributed by atoms with Crippen LogP contribution in [0.4, 0.5) is 0 Å². The number of amides is 1. The summed E-state index contributed by atoms with van der Waals surface area (Å²) in [7, 11) is 0. The third kappa shape index (κ3) is 4.40. The van der Waals surface area contributed by atoms with Crippen LogP contribution in [-0.4, -0.2) is 22.7 Å². The highest BCUT2D eigenvalue weighted by Crippen LogP contribution is 2.20. The number of hydrogen-bond donors (Lipinski definition) is 1. The zero-order valence-corrected chi connectivity index (χ0v) is 15.2. The van der Waals surface area contributed by atoms with E-state index >= 15 is 0 Å². The molecule has 26 heavy (non-hydrogen) atoms. The summed E-state index contributed by atoms with van der Waals surface area (Å²) in [5.74, 6) is 1.19. The van der Waals surface area contributed by atoms with Gasteiger partial charge in [-0.2, -0.15) is 4.98 Å². The zero-order chi connectivity index (χ0) is 18.5. The van der Waals surface area contributed by atoms with Gasteiger partial charge in [0.1, 0.15) is 5.75 Å². The predicted octanol–water partition coefficient (Wildman–Crippen LogP) is 3.70. The standard InChI is InChI=1S/C19H18ClN3O3/c1-12-4-3-5-16(13(12)2)25-11-17(24)21-10-18-22-19(23-26-18)14-6-8-15(20)9-7-14/h3-9H,10-11H2,1-2H3,(H,21,24). The first-order valence-corrected chi connectivity index (χ1v) is 8.45. The van der Waals surface area contributed by atoms with E-state index in [1.807, 2.05) is 32.0 Å². The molecule has 0 saturated carbocycles.